The van der Waals surface area contributed by atoms with E-state index in [0.29, 0.717) is 11.6 Å². The first-order valence-corrected chi connectivity index (χ1v) is 12.3. The molecule has 160 valence electrons. The van der Waals surface area contributed by atoms with Gasteiger partial charge in [0.1, 0.15) is 5.71 Å². The summed E-state index contributed by atoms with van der Waals surface area (Å²) in [5.41, 5.74) is 2.69. The fourth-order valence-electron chi connectivity index (χ4n) is 4.59. The van der Waals surface area contributed by atoms with Gasteiger partial charge in [-0.15, -0.1) is 11.3 Å². The maximum atomic E-state index is 13.5. The smallest absolute Gasteiger partial charge is 0.274 e. The van der Waals surface area contributed by atoms with Crippen LogP contribution in [0.15, 0.2) is 46.8 Å². The Bertz CT molecular complexity index is 860. The van der Waals surface area contributed by atoms with Gasteiger partial charge in [-0.1, -0.05) is 51.3 Å². The molecular weight excluding hydrogens is 390 g/mol. The quantitative estimate of drug-likeness (QED) is 0.598. The van der Waals surface area contributed by atoms with E-state index in [1.54, 1.807) is 11.3 Å². The zero-order chi connectivity index (χ0) is 20.9. The highest BCUT2D eigenvalue weighted by atomic mass is 32.1. The Hall–Kier alpha value is -1.98. The first kappa shape index (κ1) is 21.3. The third-order valence-electron chi connectivity index (χ3n) is 6.43. The van der Waals surface area contributed by atoms with Crippen molar-refractivity contribution in [1.82, 2.24) is 9.80 Å². The van der Waals surface area contributed by atoms with E-state index in [0.717, 1.165) is 42.8 Å². The molecule has 2 fully saturated rings. The van der Waals surface area contributed by atoms with Crippen LogP contribution in [-0.2, 0) is 4.79 Å². The van der Waals surface area contributed by atoms with Gasteiger partial charge in [0.15, 0.2) is 0 Å². The largest absolute Gasteiger partial charge is 0.335 e. The Kier molecular flexibility index (Phi) is 7.00. The van der Waals surface area contributed by atoms with Crippen molar-refractivity contribution < 1.29 is 4.79 Å². The molecule has 0 atom stereocenters. The summed E-state index contributed by atoms with van der Waals surface area (Å²) in [5, 5.41) is 2.02. The fourth-order valence-corrected chi connectivity index (χ4v) is 5.30. The lowest BCUT2D eigenvalue weighted by Crippen LogP contribution is -2.53. The summed E-state index contributed by atoms with van der Waals surface area (Å²) in [6, 6.07) is 13.0. The van der Waals surface area contributed by atoms with Crippen molar-refractivity contribution in [3.63, 3.8) is 0 Å². The monoisotopic (exact) mass is 423 g/mol. The van der Waals surface area contributed by atoms with E-state index in [2.05, 4.69) is 30.9 Å². The van der Waals surface area contributed by atoms with Crippen LogP contribution >= 0.6 is 11.3 Å². The highest BCUT2D eigenvalue weighted by molar-refractivity contribution is 7.13. The van der Waals surface area contributed by atoms with Crippen molar-refractivity contribution in [2.75, 3.05) is 26.2 Å². The minimum Gasteiger partial charge on any atom is -0.335 e. The highest BCUT2D eigenvalue weighted by Crippen LogP contribution is 2.25. The molecule has 2 aromatic rings. The molecule has 2 heterocycles. The molecular formula is C25H33N3OS. The molecule has 4 rings (SSSR count). The van der Waals surface area contributed by atoms with Crippen LogP contribution in [0.3, 0.4) is 0 Å². The zero-order valence-corrected chi connectivity index (χ0v) is 19.0. The van der Waals surface area contributed by atoms with Crippen molar-refractivity contribution in [2.24, 2.45) is 4.99 Å². The number of hydrogen-bond acceptors (Lipinski definition) is 4. The Morgan fingerprint density at radius 2 is 1.80 bits per heavy atom. The number of rotatable bonds is 5. The second-order valence-electron chi connectivity index (χ2n) is 8.81. The van der Waals surface area contributed by atoms with Crippen molar-refractivity contribution in [3.05, 3.63) is 52.2 Å². The molecule has 0 unspecified atom stereocenters. The maximum absolute atomic E-state index is 13.5. The van der Waals surface area contributed by atoms with Gasteiger partial charge >= 0.3 is 0 Å². The summed E-state index contributed by atoms with van der Waals surface area (Å²) in [6.07, 6.45) is 6.74. The summed E-state index contributed by atoms with van der Waals surface area (Å²) >= 11 is 1.59. The standard InChI is InChI=1S/C25H33N3OS/c1-19(2)20-8-6-9-21(18-20)26-24(23-12-7-17-30-23)25(29)28-15-13-27(14-16-28)22-10-4-3-5-11-22/h6-9,12,17-19,22H,3-5,10-11,13-16H2,1-2H3/b26-24-. The highest BCUT2D eigenvalue weighted by Gasteiger charge is 2.29. The molecule has 1 aliphatic carbocycles. The minimum atomic E-state index is 0.0655. The average molecular weight is 424 g/mol. The summed E-state index contributed by atoms with van der Waals surface area (Å²) in [4.78, 5) is 23.9. The van der Waals surface area contributed by atoms with E-state index in [1.807, 2.05) is 34.5 Å². The molecule has 2 aliphatic rings. The van der Waals surface area contributed by atoms with Gasteiger partial charge < -0.3 is 4.90 Å². The second kappa shape index (κ2) is 9.88. The molecule has 30 heavy (non-hydrogen) atoms. The molecule has 4 nitrogen and oxygen atoms in total. The van der Waals surface area contributed by atoms with Crippen LogP contribution in [0.1, 0.15) is 62.3 Å². The first-order valence-electron chi connectivity index (χ1n) is 11.4. The molecule has 0 spiro atoms. The third-order valence-corrected chi connectivity index (χ3v) is 7.30. The van der Waals surface area contributed by atoms with Gasteiger partial charge in [-0.3, -0.25) is 9.69 Å². The van der Waals surface area contributed by atoms with Gasteiger partial charge in [-0.25, -0.2) is 4.99 Å². The van der Waals surface area contributed by atoms with Crippen LogP contribution in [0.25, 0.3) is 0 Å². The van der Waals surface area contributed by atoms with Crippen LogP contribution in [0.4, 0.5) is 5.69 Å². The number of aliphatic imine (C=N–C) groups is 1. The molecule has 0 bridgehead atoms. The van der Waals surface area contributed by atoms with Crippen molar-refractivity contribution >= 4 is 28.6 Å². The number of piperazine rings is 1. The first-order chi connectivity index (χ1) is 14.6. The normalized spacial score (nSPS) is 19.4. The predicted molar refractivity (Wildman–Crippen MR) is 126 cm³/mol. The van der Waals surface area contributed by atoms with Gasteiger partial charge in [0.05, 0.1) is 10.6 Å². The van der Waals surface area contributed by atoms with E-state index < -0.39 is 0 Å². The van der Waals surface area contributed by atoms with Gasteiger partial charge in [0.2, 0.25) is 0 Å². The summed E-state index contributed by atoms with van der Waals surface area (Å²) < 4.78 is 0. The predicted octanol–water partition coefficient (Wildman–Crippen LogP) is 5.47. The molecule has 1 saturated heterocycles. The van der Waals surface area contributed by atoms with Gasteiger partial charge in [-0.2, -0.15) is 0 Å². The fraction of sp³-hybridized carbons (Fsp3) is 0.520. The van der Waals surface area contributed by atoms with Crippen molar-refractivity contribution in [3.8, 4) is 0 Å². The number of carbonyl (C=O) groups excluding carboxylic acids is 1. The molecule has 1 aromatic carbocycles. The summed E-state index contributed by atoms with van der Waals surface area (Å²) in [6.45, 7) is 7.92. The topological polar surface area (TPSA) is 35.9 Å². The Morgan fingerprint density at radius 1 is 1.03 bits per heavy atom. The third kappa shape index (κ3) is 5.01. The van der Waals surface area contributed by atoms with Crippen molar-refractivity contribution in [1.29, 1.82) is 0 Å². The Balaban J connectivity index is 1.51. The van der Waals surface area contributed by atoms with Crippen molar-refractivity contribution in [2.45, 2.75) is 57.9 Å². The number of carbonyl (C=O) groups is 1. The van der Waals surface area contributed by atoms with Gasteiger partial charge in [0.25, 0.3) is 5.91 Å². The van der Waals surface area contributed by atoms with E-state index in [-0.39, 0.29) is 5.91 Å². The second-order valence-corrected chi connectivity index (χ2v) is 9.76. The summed E-state index contributed by atoms with van der Waals surface area (Å²) in [7, 11) is 0. The zero-order valence-electron chi connectivity index (χ0n) is 18.2. The maximum Gasteiger partial charge on any atom is 0.274 e. The lowest BCUT2D eigenvalue weighted by molar-refractivity contribution is -0.126. The number of benzene rings is 1. The lowest BCUT2D eigenvalue weighted by Gasteiger charge is -2.40. The molecule has 1 saturated carbocycles. The number of nitrogens with zero attached hydrogens (tertiary/aromatic N) is 3. The SMILES string of the molecule is CC(C)c1cccc(/N=C(\C(=O)N2CCN(C3CCCCC3)CC2)c2cccs2)c1. The van der Waals surface area contributed by atoms with E-state index in [4.69, 9.17) is 4.99 Å². The van der Waals surface area contributed by atoms with E-state index >= 15 is 0 Å². The van der Waals surface area contributed by atoms with E-state index in [9.17, 15) is 4.79 Å². The average Bonchev–Trinajstić information content (AvgIpc) is 3.32. The Labute approximate surface area is 184 Å². The molecule has 1 aromatic heterocycles. The molecule has 1 amide bonds. The van der Waals surface area contributed by atoms with Crippen LogP contribution in [0, 0.1) is 0 Å². The Morgan fingerprint density at radius 3 is 2.47 bits per heavy atom. The van der Waals surface area contributed by atoms with Crippen LogP contribution in [0.5, 0.6) is 0 Å². The minimum absolute atomic E-state index is 0.0655. The van der Waals surface area contributed by atoms with Gasteiger partial charge in [0, 0.05) is 32.2 Å². The van der Waals surface area contributed by atoms with Crippen LogP contribution < -0.4 is 0 Å². The van der Waals surface area contributed by atoms with E-state index in [1.165, 1.54) is 37.7 Å². The molecule has 5 heteroatoms. The van der Waals surface area contributed by atoms with Crippen LogP contribution in [0.2, 0.25) is 0 Å². The lowest BCUT2D eigenvalue weighted by atomic mass is 9.94. The number of amides is 1. The summed E-state index contributed by atoms with van der Waals surface area (Å²) in [5.74, 6) is 0.504. The van der Waals surface area contributed by atoms with Crippen LogP contribution in [-0.4, -0.2) is 53.6 Å². The molecule has 1 aliphatic heterocycles. The number of thiophene rings is 1. The van der Waals surface area contributed by atoms with Gasteiger partial charge in [-0.05, 0) is 47.9 Å². The molecule has 0 N–H and O–H groups in total. The molecule has 0 radical (unpaired) electrons. The number of hydrogen-bond donors (Lipinski definition) is 0.